The third kappa shape index (κ3) is 3.96. The van der Waals surface area contributed by atoms with E-state index in [-0.39, 0.29) is 11.7 Å². The highest BCUT2D eigenvalue weighted by atomic mass is 35.5. The first kappa shape index (κ1) is 21.9. The number of benzene rings is 2. The van der Waals surface area contributed by atoms with Gasteiger partial charge in [-0.2, -0.15) is 0 Å². The van der Waals surface area contributed by atoms with Crippen molar-refractivity contribution >= 4 is 22.5 Å². The number of phenols is 1. The Morgan fingerprint density at radius 3 is 2.41 bits per heavy atom. The number of rotatable bonds is 6. The monoisotopic (exact) mass is 448 g/mol. The Balaban J connectivity index is 1.94. The SMILES string of the molecule is COc1c(C)ccc(C(Cc2cc(C)c(Cl)cn2)c2ccc3cccnc3c2O)c1OC. The summed E-state index contributed by atoms with van der Waals surface area (Å²) in [7, 11) is 3.26. The number of hydrogen-bond donors (Lipinski definition) is 1. The summed E-state index contributed by atoms with van der Waals surface area (Å²) in [5, 5.41) is 12.7. The molecular weight excluding hydrogens is 424 g/mol. The minimum absolute atomic E-state index is 0.153. The molecule has 0 amide bonds. The molecule has 0 aliphatic carbocycles. The lowest BCUT2D eigenvalue weighted by atomic mass is 9.84. The Bertz CT molecular complexity index is 1290. The van der Waals surface area contributed by atoms with Crippen LogP contribution in [0.15, 0.2) is 54.9 Å². The maximum Gasteiger partial charge on any atom is 0.164 e. The lowest BCUT2D eigenvalue weighted by Crippen LogP contribution is -2.10. The van der Waals surface area contributed by atoms with Crippen molar-refractivity contribution in [2.45, 2.75) is 26.2 Å². The van der Waals surface area contributed by atoms with Crippen molar-refractivity contribution in [3.63, 3.8) is 0 Å². The van der Waals surface area contributed by atoms with E-state index in [2.05, 4.69) is 9.97 Å². The Kier molecular flexibility index (Phi) is 6.19. The number of methoxy groups -OCH3 is 2. The smallest absolute Gasteiger partial charge is 0.164 e. The van der Waals surface area contributed by atoms with Crippen molar-refractivity contribution in [3.05, 3.63) is 87.8 Å². The van der Waals surface area contributed by atoms with Crippen LogP contribution in [0.4, 0.5) is 0 Å². The van der Waals surface area contributed by atoms with E-state index in [0.29, 0.717) is 28.5 Å². The molecule has 2 heterocycles. The number of hydrogen-bond acceptors (Lipinski definition) is 5. The molecule has 32 heavy (non-hydrogen) atoms. The Hall–Kier alpha value is -3.31. The Labute approximate surface area is 192 Å². The Morgan fingerprint density at radius 2 is 1.69 bits per heavy atom. The van der Waals surface area contributed by atoms with E-state index in [9.17, 15) is 5.11 Å². The molecular formula is C26H25ClN2O3. The second kappa shape index (κ2) is 9.05. The van der Waals surface area contributed by atoms with Crippen LogP contribution in [-0.2, 0) is 6.42 Å². The number of aromatic hydroxyl groups is 1. The molecule has 4 aromatic rings. The fourth-order valence-corrected chi connectivity index (χ4v) is 4.25. The van der Waals surface area contributed by atoms with Crippen LogP contribution in [0.1, 0.15) is 33.9 Å². The molecule has 1 atom stereocenters. The van der Waals surface area contributed by atoms with E-state index in [0.717, 1.165) is 33.3 Å². The van der Waals surface area contributed by atoms with Gasteiger partial charge in [-0.25, -0.2) is 0 Å². The second-order valence-corrected chi connectivity index (χ2v) is 8.21. The van der Waals surface area contributed by atoms with Crippen molar-refractivity contribution < 1.29 is 14.6 Å². The fraction of sp³-hybridized carbons (Fsp3) is 0.231. The lowest BCUT2D eigenvalue weighted by Gasteiger charge is -2.24. The molecule has 6 heteroatoms. The molecule has 0 spiro atoms. The van der Waals surface area contributed by atoms with Crippen LogP contribution in [0.25, 0.3) is 10.9 Å². The topological polar surface area (TPSA) is 64.5 Å². The van der Waals surface area contributed by atoms with Crippen molar-refractivity contribution in [3.8, 4) is 17.2 Å². The van der Waals surface area contributed by atoms with Gasteiger partial charge in [-0.1, -0.05) is 41.9 Å². The lowest BCUT2D eigenvalue weighted by molar-refractivity contribution is 0.348. The molecule has 2 aromatic heterocycles. The van der Waals surface area contributed by atoms with Gasteiger partial charge >= 0.3 is 0 Å². The van der Waals surface area contributed by atoms with Crippen LogP contribution in [-0.4, -0.2) is 29.3 Å². The molecule has 0 fully saturated rings. The third-order valence-electron chi connectivity index (χ3n) is 5.79. The Morgan fingerprint density at radius 1 is 0.938 bits per heavy atom. The van der Waals surface area contributed by atoms with Crippen LogP contribution in [0.5, 0.6) is 17.2 Å². The molecule has 0 radical (unpaired) electrons. The summed E-state index contributed by atoms with van der Waals surface area (Å²) in [6.45, 7) is 3.93. The highest BCUT2D eigenvalue weighted by Crippen LogP contribution is 2.44. The summed E-state index contributed by atoms with van der Waals surface area (Å²) < 4.78 is 11.4. The number of nitrogens with zero attached hydrogens (tertiary/aromatic N) is 2. The van der Waals surface area contributed by atoms with Gasteiger partial charge in [0.15, 0.2) is 11.5 Å². The molecule has 164 valence electrons. The normalized spacial score (nSPS) is 12.0. The molecule has 1 N–H and O–H groups in total. The number of halogens is 1. The van der Waals surface area contributed by atoms with E-state index in [1.807, 2.05) is 56.3 Å². The summed E-state index contributed by atoms with van der Waals surface area (Å²) in [5.41, 5.74) is 4.99. The zero-order chi connectivity index (χ0) is 22.8. The van der Waals surface area contributed by atoms with Crippen LogP contribution in [0.3, 0.4) is 0 Å². The van der Waals surface area contributed by atoms with Gasteiger partial charge in [0.25, 0.3) is 0 Å². The van der Waals surface area contributed by atoms with Crippen molar-refractivity contribution in [2.75, 3.05) is 14.2 Å². The van der Waals surface area contributed by atoms with Crippen molar-refractivity contribution in [2.24, 2.45) is 0 Å². The summed E-state index contributed by atoms with van der Waals surface area (Å²) in [6.07, 6.45) is 3.88. The number of aromatic nitrogens is 2. The number of ether oxygens (including phenoxy) is 2. The minimum atomic E-state index is -0.251. The van der Waals surface area contributed by atoms with Crippen LogP contribution >= 0.6 is 11.6 Å². The molecule has 0 saturated carbocycles. The number of phenolic OH excluding ortho intramolecular Hbond substituents is 1. The first-order valence-electron chi connectivity index (χ1n) is 10.3. The van der Waals surface area contributed by atoms with E-state index in [1.165, 1.54) is 0 Å². The van der Waals surface area contributed by atoms with Gasteiger partial charge in [-0.3, -0.25) is 9.97 Å². The molecule has 0 aliphatic rings. The first-order chi connectivity index (χ1) is 15.4. The van der Waals surface area contributed by atoms with E-state index >= 15 is 0 Å². The zero-order valence-electron chi connectivity index (χ0n) is 18.5. The largest absolute Gasteiger partial charge is 0.505 e. The van der Waals surface area contributed by atoms with Crippen molar-refractivity contribution in [1.82, 2.24) is 9.97 Å². The van der Waals surface area contributed by atoms with Gasteiger partial charge in [0.05, 0.1) is 19.2 Å². The van der Waals surface area contributed by atoms with Crippen LogP contribution in [0.2, 0.25) is 5.02 Å². The van der Waals surface area contributed by atoms with Gasteiger partial charge in [-0.05, 0) is 37.1 Å². The number of aryl methyl sites for hydroxylation is 2. The van der Waals surface area contributed by atoms with Gasteiger partial charge in [0.1, 0.15) is 11.3 Å². The maximum atomic E-state index is 11.2. The summed E-state index contributed by atoms with van der Waals surface area (Å²) in [5.74, 6) is 1.22. The highest BCUT2D eigenvalue weighted by molar-refractivity contribution is 6.31. The standard InChI is InChI=1S/C26H25ClN2O3/c1-15-7-9-20(26(32-4)25(15)31-3)21(13-18-12-16(2)22(27)14-29-18)19-10-8-17-6-5-11-28-23(17)24(19)30/h5-12,14,21,30H,13H2,1-4H3. The van der Waals surface area contributed by atoms with E-state index < -0.39 is 0 Å². The molecule has 5 nitrogen and oxygen atoms in total. The highest BCUT2D eigenvalue weighted by Gasteiger charge is 2.26. The van der Waals surface area contributed by atoms with Crippen LogP contribution in [0, 0.1) is 13.8 Å². The molecule has 0 aliphatic heterocycles. The molecule has 0 saturated heterocycles. The predicted molar refractivity (Wildman–Crippen MR) is 127 cm³/mol. The van der Waals surface area contributed by atoms with Gasteiger partial charge in [0.2, 0.25) is 0 Å². The third-order valence-corrected chi connectivity index (χ3v) is 6.19. The molecule has 4 rings (SSSR count). The molecule has 1 unspecified atom stereocenters. The number of fused-ring (bicyclic) bond motifs is 1. The first-order valence-corrected chi connectivity index (χ1v) is 10.7. The van der Waals surface area contributed by atoms with Crippen molar-refractivity contribution in [1.29, 1.82) is 0 Å². The molecule has 0 bridgehead atoms. The van der Waals surface area contributed by atoms with E-state index in [4.69, 9.17) is 21.1 Å². The average Bonchev–Trinajstić information content (AvgIpc) is 2.80. The van der Waals surface area contributed by atoms with E-state index in [1.54, 1.807) is 26.6 Å². The van der Waals surface area contributed by atoms with Gasteiger partial charge in [0, 0.05) is 46.9 Å². The van der Waals surface area contributed by atoms with Gasteiger partial charge < -0.3 is 14.6 Å². The minimum Gasteiger partial charge on any atom is -0.505 e. The zero-order valence-corrected chi connectivity index (χ0v) is 19.3. The fourth-order valence-electron chi connectivity index (χ4n) is 4.15. The molecule has 2 aromatic carbocycles. The van der Waals surface area contributed by atoms with Gasteiger partial charge in [-0.15, -0.1) is 0 Å². The number of pyridine rings is 2. The maximum absolute atomic E-state index is 11.2. The summed E-state index contributed by atoms with van der Waals surface area (Å²) in [4.78, 5) is 8.94. The van der Waals surface area contributed by atoms with Crippen LogP contribution < -0.4 is 9.47 Å². The average molecular weight is 449 g/mol. The second-order valence-electron chi connectivity index (χ2n) is 7.80. The summed E-state index contributed by atoms with van der Waals surface area (Å²) >= 11 is 6.20. The predicted octanol–water partition coefficient (Wildman–Crippen LogP) is 6.00. The summed E-state index contributed by atoms with van der Waals surface area (Å²) in [6, 6.07) is 13.7. The quantitative estimate of drug-likeness (QED) is 0.392.